The number of para-hydroxylation sites is 3. The first-order valence-electron chi connectivity index (χ1n) is 11.2. The number of aromatic nitrogens is 1. The number of carbonyl (C=O) groups excluding carboxylic acids is 1. The molecule has 5 aromatic rings. The van der Waals surface area contributed by atoms with Gasteiger partial charge in [-0.15, -0.1) is 11.3 Å². The molecule has 35 heavy (non-hydrogen) atoms. The van der Waals surface area contributed by atoms with E-state index in [1.54, 1.807) is 18.2 Å². The predicted molar refractivity (Wildman–Crippen MR) is 136 cm³/mol. The molecule has 6 heteroatoms. The van der Waals surface area contributed by atoms with E-state index >= 15 is 0 Å². The van der Waals surface area contributed by atoms with Crippen LogP contribution in [0.2, 0.25) is 0 Å². The second kappa shape index (κ2) is 8.81. The number of nitrogens with zero attached hydrogens (tertiary/aromatic N) is 1. The summed E-state index contributed by atoms with van der Waals surface area (Å²) < 4.78 is 20.3. The highest BCUT2D eigenvalue weighted by atomic mass is 32.1. The third-order valence-electron chi connectivity index (χ3n) is 6.01. The van der Waals surface area contributed by atoms with Crippen molar-refractivity contribution in [1.82, 2.24) is 4.98 Å². The van der Waals surface area contributed by atoms with Gasteiger partial charge in [0, 0.05) is 27.6 Å². The summed E-state index contributed by atoms with van der Waals surface area (Å²) >= 11 is 1.37. The Kier molecular flexibility index (Phi) is 5.35. The van der Waals surface area contributed by atoms with Crippen LogP contribution in [0.15, 0.2) is 102 Å². The third-order valence-corrected chi connectivity index (χ3v) is 6.89. The van der Waals surface area contributed by atoms with Crippen molar-refractivity contribution in [2.24, 2.45) is 0 Å². The van der Waals surface area contributed by atoms with Crippen LogP contribution in [0.25, 0.3) is 21.8 Å². The van der Waals surface area contributed by atoms with Gasteiger partial charge in [0.15, 0.2) is 0 Å². The molecule has 0 aliphatic carbocycles. The minimum atomic E-state index is -0.520. The molecule has 1 aliphatic heterocycles. The summed E-state index contributed by atoms with van der Waals surface area (Å²) in [7, 11) is 0. The fourth-order valence-corrected chi connectivity index (χ4v) is 5.22. The van der Waals surface area contributed by atoms with E-state index in [4.69, 9.17) is 4.74 Å². The standard InChI is InChI=1S/C29H19FN2O2S/c30-22-13-5-1-9-18(22)29-32-24(17-35-29)19-10-2-6-14-23(19)31-28(33)27-20-11-3-7-15-25(20)34-26-16-8-4-12-21(26)27/h1-17,27H,(H,31,33). The third kappa shape index (κ3) is 3.88. The predicted octanol–water partition coefficient (Wildman–Crippen LogP) is 7.49. The highest BCUT2D eigenvalue weighted by molar-refractivity contribution is 7.13. The zero-order valence-electron chi connectivity index (χ0n) is 18.4. The van der Waals surface area contributed by atoms with Crippen LogP contribution in [0, 0.1) is 5.82 Å². The molecule has 0 unspecified atom stereocenters. The summed E-state index contributed by atoms with van der Waals surface area (Å²) in [6, 6.07) is 29.3. The number of hydrogen-bond donors (Lipinski definition) is 1. The Balaban J connectivity index is 1.36. The molecule has 1 amide bonds. The minimum Gasteiger partial charge on any atom is -0.457 e. The molecule has 0 saturated carbocycles. The number of anilines is 1. The number of rotatable bonds is 4. The second-order valence-electron chi connectivity index (χ2n) is 8.16. The summed E-state index contributed by atoms with van der Waals surface area (Å²) in [4.78, 5) is 18.4. The van der Waals surface area contributed by atoms with Crippen LogP contribution in [0.1, 0.15) is 17.0 Å². The van der Waals surface area contributed by atoms with E-state index in [0.29, 0.717) is 33.5 Å². The van der Waals surface area contributed by atoms with Crippen LogP contribution in [0.5, 0.6) is 11.5 Å². The molecule has 0 bridgehead atoms. The van der Waals surface area contributed by atoms with Gasteiger partial charge >= 0.3 is 0 Å². The van der Waals surface area contributed by atoms with Crippen LogP contribution in [0.3, 0.4) is 0 Å². The number of carbonyl (C=O) groups is 1. The van der Waals surface area contributed by atoms with Gasteiger partial charge in [-0.3, -0.25) is 4.79 Å². The zero-order chi connectivity index (χ0) is 23.8. The lowest BCUT2D eigenvalue weighted by Gasteiger charge is -2.27. The van der Waals surface area contributed by atoms with Crippen molar-refractivity contribution in [3.63, 3.8) is 0 Å². The molecule has 1 aliphatic rings. The van der Waals surface area contributed by atoms with Crippen molar-refractivity contribution in [2.75, 3.05) is 5.32 Å². The first-order valence-corrected chi connectivity index (χ1v) is 12.0. The smallest absolute Gasteiger partial charge is 0.236 e. The van der Waals surface area contributed by atoms with E-state index in [0.717, 1.165) is 16.7 Å². The minimum absolute atomic E-state index is 0.162. The van der Waals surface area contributed by atoms with Crippen molar-refractivity contribution in [1.29, 1.82) is 0 Å². The molecule has 4 aromatic carbocycles. The molecule has 1 aromatic heterocycles. The van der Waals surface area contributed by atoms with Gasteiger partial charge in [-0.2, -0.15) is 0 Å². The van der Waals surface area contributed by atoms with Crippen molar-refractivity contribution >= 4 is 22.9 Å². The Hall–Kier alpha value is -4.29. The van der Waals surface area contributed by atoms with Crippen molar-refractivity contribution in [3.05, 3.63) is 119 Å². The number of fused-ring (bicyclic) bond motifs is 2. The van der Waals surface area contributed by atoms with Crippen molar-refractivity contribution < 1.29 is 13.9 Å². The summed E-state index contributed by atoms with van der Waals surface area (Å²) in [5, 5.41) is 5.59. The molecule has 1 N–H and O–H groups in total. The molecule has 0 saturated heterocycles. The zero-order valence-corrected chi connectivity index (χ0v) is 19.3. The average molecular weight is 479 g/mol. The Morgan fingerprint density at radius 1 is 0.800 bits per heavy atom. The molecule has 0 spiro atoms. The lowest BCUT2D eigenvalue weighted by atomic mass is 9.87. The van der Waals surface area contributed by atoms with Gasteiger partial charge in [0.05, 0.1) is 17.3 Å². The van der Waals surface area contributed by atoms with E-state index in [2.05, 4.69) is 10.3 Å². The lowest BCUT2D eigenvalue weighted by molar-refractivity contribution is -0.116. The summed E-state index contributed by atoms with van der Waals surface area (Å²) in [6.07, 6.45) is 0. The molecule has 170 valence electrons. The summed E-state index contributed by atoms with van der Waals surface area (Å²) in [5.74, 6) is 0.355. The van der Waals surface area contributed by atoms with Gasteiger partial charge in [0.2, 0.25) is 5.91 Å². The maximum absolute atomic E-state index is 14.3. The van der Waals surface area contributed by atoms with Crippen LogP contribution >= 0.6 is 11.3 Å². The quantitative estimate of drug-likeness (QED) is 0.291. The molecular weight excluding hydrogens is 459 g/mol. The second-order valence-corrected chi connectivity index (χ2v) is 9.02. The molecule has 6 rings (SSSR count). The number of thiazole rings is 1. The molecule has 0 fully saturated rings. The highest BCUT2D eigenvalue weighted by Crippen LogP contribution is 2.44. The number of ether oxygens (including phenoxy) is 1. The number of nitrogens with one attached hydrogen (secondary N) is 1. The number of benzene rings is 4. The molecule has 0 radical (unpaired) electrons. The normalized spacial score (nSPS) is 12.4. The van der Waals surface area contributed by atoms with Crippen LogP contribution in [0.4, 0.5) is 10.1 Å². The van der Waals surface area contributed by atoms with Gasteiger partial charge < -0.3 is 10.1 Å². The van der Waals surface area contributed by atoms with E-state index < -0.39 is 5.92 Å². The van der Waals surface area contributed by atoms with Gasteiger partial charge in [-0.1, -0.05) is 66.7 Å². The number of halogens is 1. The lowest BCUT2D eigenvalue weighted by Crippen LogP contribution is -2.25. The Bertz CT molecular complexity index is 1520. The average Bonchev–Trinajstić information content (AvgIpc) is 3.37. The topological polar surface area (TPSA) is 51.2 Å². The molecular formula is C29H19FN2O2S. The monoisotopic (exact) mass is 478 g/mol. The number of hydrogen-bond acceptors (Lipinski definition) is 4. The van der Waals surface area contributed by atoms with E-state index in [1.807, 2.05) is 78.2 Å². The fourth-order valence-electron chi connectivity index (χ4n) is 4.37. The fraction of sp³-hybridized carbons (Fsp3) is 0.0345. The Labute approximate surface area is 205 Å². The van der Waals surface area contributed by atoms with E-state index in [9.17, 15) is 9.18 Å². The molecule has 4 nitrogen and oxygen atoms in total. The Morgan fingerprint density at radius 3 is 2.11 bits per heavy atom. The maximum Gasteiger partial charge on any atom is 0.236 e. The Morgan fingerprint density at radius 2 is 1.40 bits per heavy atom. The van der Waals surface area contributed by atoms with Crippen LogP contribution in [-0.4, -0.2) is 10.9 Å². The number of amides is 1. The summed E-state index contributed by atoms with van der Waals surface area (Å²) in [6.45, 7) is 0. The largest absolute Gasteiger partial charge is 0.457 e. The van der Waals surface area contributed by atoms with Gasteiger partial charge in [0.1, 0.15) is 22.3 Å². The summed E-state index contributed by atoms with van der Waals surface area (Å²) in [5.41, 5.74) is 4.18. The van der Waals surface area contributed by atoms with E-state index in [-0.39, 0.29) is 11.7 Å². The van der Waals surface area contributed by atoms with Gasteiger partial charge in [0.25, 0.3) is 0 Å². The van der Waals surface area contributed by atoms with E-state index in [1.165, 1.54) is 17.4 Å². The van der Waals surface area contributed by atoms with Crippen molar-refractivity contribution in [2.45, 2.75) is 5.92 Å². The first-order chi connectivity index (χ1) is 17.2. The van der Waals surface area contributed by atoms with Crippen molar-refractivity contribution in [3.8, 4) is 33.3 Å². The van der Waals surface area contributed by atoms with Crippen LogP contribution < -0.4 is 10.1 Å². The maximum atomic E-state index is 14.3. The van der Waals surface area contributed by atoms with Gasteiger partial charge in [-0.05, 0) is 30.3 Å². The van der Waals surface area contributed by atoms with Gasteiger partial charge in [-0.25, -0.2) is 9.37 Å². The molecule has 0 atom stereocenters. The SMILES string of the molecule is O=C(Nc1ccccc1-c1csc(-c2ccccc2F)n1)C1c2ccccc2Oc2ccccc21. The first kappa shape index (κ1) is 21.3. The molecule has 2 heterocycles. The van der Waals surface area contributed by atoms with Crippen LogP contribution in [-0.2, 0) is 4.79 Å². The highest BCUT2D eigenvalue weighted by Gasteiger charge is 2.32.